The number of nitrogens with zero attached hydrogens (tertiary/aromatic N) is 1. The van der Waals surface area contributed by atoms with Crippen molar-refractivity contribution in [1.82, 2.24) is 4.98 Å². The molecular formula is C13H12INO2. The number of ether oxygens (including phenoxy) is 1. The van der Waals surface area contributed by atoms with Crippen LogP contribution in [-0.4, -0.2) is 10.1 Å². The molecule has 17 heavy (non-hydrogen) atoms. The number of aliphatic hydroxyl groups is 1. The van der Waals surface area contributed by atoms with Crippen LogP contribution in [0.4, 0.5) is 0 Å². The van der Waals surface area contributed by atoms with Crippen molar-refractivity contribution < 1.29 is 9.84 Å². The van der Waals surface area contributed by atoms with Crippen molar-refractivity contribution >= 4 is 22.6 Å². The van der Waals surface area contributed by atoms with Crippen LogP contribution >= 0.6 is 22.6 Å². The molecule has 1 aromatic carbocycles. The van der Waals surface area contributed by atoms with Gasteiger partial charge in [-0.1, -0.05) is 12.1 Å². The number of rotatable bonds is 3. The Morgan fingerprint density at radius 3 is 2.59 bits per heavy atom. The highest BCUT2D eigenvalue weighted by Crippen LogP contribution is 2.26. The molecule has 88 valence electrons. The van der Waals surface area contributed by atoms with Crippen LogP contribution in [0.15, 0.2) is 42.6 Å². The van der Waals surface area contributed by atoms with Crippen molar-refractivity contribution in [2.24, 2.45) is 0 Å². The summed E-state index contributed by atoms with van der Waals surface area (Å²) >= 11 is 2.22. The van der Waals surface area contributed by atoms with E-state index in [4.69, 9.17) is 4.74 Å². The second-order valence-electron chi connectivity index (χ2n) is 3.63. The molecule has 3 nitrogen and oxygen atoms in total. The van der Waals surface area contributed by atoms with E-state index in [1.54, 1.807) is 25.3 Å². The number of para-hydroxylation sites is 1. The third-order valence-electron chi connectivity index (χ3n) is 2.25. The fraction of sp³-hybridized carbons (Fsp3) is 0.154. The molecule has 0 unspecified atom stereocenters. The maximum absolute atomic E-state index is 9.34. The minimum absolute atomic E-state index is 0.555. The van der Waals surface area contributed by atoms with Crippen LogP contribution in [0.2, 0.25) is 0 Å². The van der Waals surface area contributed by atoms with Crippen LogP contribution in [0, 0.1) is 3.57 Å². The first kappa shape index (κ1) is 12.3. The van der Waals surface area contributed by atoms with Gasteiger partial charge in [0.1, 0.15) is 11.5 Å². The van der Waals surface area contributed by atoms with E-state index in [1.807, 2.05) is 24.3 Å². The SMILES string of the molecule is C[C@@H](O)c1ccc(Oc2ccccc2I)cn1. The highest BCUT2D eigenvalue weighted by atomic mass is 127. The Bertz CT molecular complexity index is 497. The van der Waals surface area contributed by atoms with Gasteiger partial charge < -0.3 is 9.84 Å². The van der Waals surface area contributed by atoms with Crippen LogP contribution in [-0.2, 0) is 0 Å². The minimum Gasteiger partial charge on any atom is -0.455 e. The maximum atomic E-state index is 9.34. The summed E-state index contributed by atoms with van der Waals surface area (Å²) < 4.78 is 6.74. The van der Waals surface area contributed by atoms with E-state index in [-0.39, 0.29) is 0 Å². The predicted octanol–water partition coefficient (Wildman–Crippen LogP) is 3.53. The summed E-state index contributed by atoms with van der Waals surface area (Å²) in [7, 11) is 0. The third kappa shape index (κ3) is 3.17. The largest absolute Gasteiger partial charge is 0.455 e. The van der Waals surface area contributed by atoms with Gasteiger partial charge in [-0.2, -0.15) is 0 Å². The molecule has 0 aliphatic heterocycles. The lowest BCUT2D eigenvalue weighted by Crippen LogP contribution is -1.95. The number of halogens is 1. The lowest BCUT2D eigenvalue weighted by molar-refractivity contribution is 0.194. The topological polar surface area (TPSA) is 42.4 Å². The molecule has 0 spiro atoms. The van der Waals surface area contributed by atoms with Crippen LogP contribution < -0.4 is 4.74 Å². The van der Waals surface area contributed by atoms with Gasteiger partial charge >= 0.3 is 0 Å². The lowest BCUT2D eigenvalue weighted by atomic mass is 10.2. The van der Waals surface area contributed by atoms with Gasteiger partial charge in [0.05, 0.1) is 21.6 Å². The van der Waals surface area contributed by atoms with Crippen molar-refractivity contribution in [1.29, 1.82) is 0 Å². The van der Waals surface area contributed by atoms with Crippen molar-refractivity contribution in [3.8, 4) is 11.5 Å². The van der Waals surface area contributed by atoms with E-state index >= 15 is 0 Å². The highest BCUT2D eigenvalue weighted by Gasteiger charge is 2.04. The first-order valence-electron chi connectivity index (χ1n) is 5.23. The molecule has 0 saturated carbocycles. The number of aliphatic hydroxyl groups excluding tert-OH is 1. The van der Waals surface area contributed by atoms with Crippen molar-refractivity contribution in [3.05, 3.63) is 51.9 Å². The molecule has 2 aromatic rings. The Balaban J connectivity index is 2.17. The summed E-state index contributed by atoms with van der Waals surface area (Å²) in [6, 6.07) is 11.3. The predicted molar refractivity (Wildman–Crippen MR) is 74.1 cm³/mol. The quantitative estimate of drug-likeness (QED) is 0.869. The molecule has 0 bridgehead atoms. The van der Waals surface area contributed by atoms with Crippen molar-refractivity contribution in [2.75, 3.05) is 0 Å². The number of hydrogen-bond donors (Lipinski definition) is 1. The van der Waals surface area contributed by atoms with E-state index in [2.05, 4.69) is 27.6 Å². The summed E-state index contributed by atoms with van der Waals surface area (Å²) in [5, 5.41) is 9.34. The first-order valence-corrected chi connectivity index (χ1v) is 6.31. The summed E-state index contributed by atoms with van der Waals surface area (Å²) in [6.45, 7) is 1.68. The molecule has 1 atom stereocenters. The first-order chi connectivity index (χ1) is 8.16. The molecule has 4 heteroatoms. The highest BCUT2D eigenvalue weighted by molar-refractivity contribution is 14.1. The number of aromatic nitrogens is 1. The summed E-state index contributed by atoms with van der Waals surface area (Å²) in [5.74, 6) is 1.47. The fourth-order valence-electron chi connectivity index (χ4n) is 1.35. The Kier molecular flexibility index (Phi) is 3.96. The smallest absolute Gasteiger partial charge is 0.145 e. The van der Waals surface area contributed by atoms with E-state index in [0.717, 1.165) is 9.32 Å². The van der Waals surface area contributed by atoms with E-state index in [0.29, 0.717) is 11.4 Å². The van der Waals surface area contributed by atoms with Gasteiger partial charge in [0.25, 0.3) is 0 Å². The Morgan fingerprint density at radius 2 is 2.00 bits per heavy atom. The zero-order valence-corrected chi connectivity index (χ0v) is 11.5. The summed E-state index contributed by atoms with van der Waals surface area (Å²) in [4.78, 5) is 4.13. The van der Waals surface area contributed by atoms with Gasteiger partial charge in [0.2, 0.25) is 0 Å². The Labute approximate surface area is 114 Å². The zero-order valence-electron chi connectivity index (χ0n) is 9.30. The van der Waals surface area contributed by atoms with Crippen molar-refractivity contribution in [3.63, 3.8) is 0 Å². The Morgan fingerprint density at radius 1 is 1.24 bits per heavy atom. The Hall–Kier alpha value is -1.14. The molecule has 0 aliphatic rings. The fourth-order valence-corrected chi connectivity index (χ4v) is 1.85. The molecule has 2 rings (SSSR count). The molecule has 0 amide bonds. The van der Waals surface area contributed by atoms with Crippen LogP contribution in [0.5, 0.6) is 11.5 Å². The molecule has 1 aromatic heterocycles. The standard InChI is InChI=1S/C13H12INO2/c1-9(16)12-7-6-10(8-15-12)17-13-5-3-2-4-11(13)14/h2-9,16H,1H3/t9-/m1/s1. The van der Waals surface area contributed by atoms with Crippen LogP contribution in [0.3, 0.4) is 0 Å². The summed E-state index contributed by atoms with van der Waals surface area (Å²) in [5.41, 5.74) is 0.639. The third-order valence-corrected chi connectivity index (χ3v) is 3.14. The van der Waals surface area contributed by atoms with E-state index in [1.165, 1.54) is 0 Å². The van der Waals surface area contributed by atoms with E-state index < -0.39 is 6.10 Å². The zero-order chi connectivity index (χ0) is 12.3. The minimum atomic E-state index is -0.555. The van der Waals surface area contributed by atoms with Gasteiger partial charge in [-0.15, -0.1) is 0 Å². The molecular weight excluding hydrogens is 329 g/mol. The normalized spacial score (nSPS) is 12.2. The second-order valence-corrected chi connectivity index (χ2v) is 4.79. The summed E-state index contributed by atoms with van der Waals surface area (Å²) in [6.07, 6.45) is 1.06. The van der Waals surface area contributed by atoms with Gasteiger partial charge in [0.15, 0.2) is 0 Å². The number of benzene rings is 1. The van der Waals surface area contributed by atoms with Crippen molar-refractivity contribution in [2.45, 2.75) is 13.0 Å². The molecule has 0 radical (unpaired) electrons. The average molecular weight is 341 g/mol. The van der Waals surface area contributed by atoms with Gasteiger partial charge in [0, 0.05) is 0 Å². The number of pyridine rings is 1. The molecule has 1 heterocycles. The van der Waals surface area contributed by atoms with Gasteiger partial charge in [-0.25, -0.2) is 0 Å². The molecule has 1 N–H and O–H groups in total. The number of hydrogen-bond acceptors (Lipinski definition) is 3. The average Bonchev–Trinajstić information content (AvgIpc) is 2.33. The molecule has 0 saturated heterocycles. The molecule has 0 fully saturated rings. The molecule has 0 aliphatic carbocycles. The lowest BCUT2D eigenvalue weighted by Gasteiger charge is -2.08. The second kappa shape index (κ2) is 5.46. The maximum Gasteiger partial charge on any atom is 0.145 e. The van der Waals surface area contributed by atoms with Gasteiger partial charge in [-0.05, 0) is 53.8 Å². The van der Waals surface area contributed by atoms with E-state index in [9.17, 15) is 5.11 Å². The van der Waals surface area contributed by atoms with Crippen LogP contribution in [0.25, 0.3) is 0 Å². The van der Waals surface area contributed by atoms with Gasteiger partial charge in [-0.3, -0.25) is 4.98 Å². The monoisotopic (exact) mass is 341 g/mol. The van der Waals surface area contributed by atoms with Crippen LogP contribution in [0.1, 0.15) is 18.7 Å².